The summed E-state index contributed by atoms with van der Waals surface area (Å²) >= 11 is 0. The fraction of sp³-hybridized carbons (Fsp3) is 0.333. The molecule has 5 aromatic rings. The minimum Gasteiger partial charge on any atom is -0.322 e. The van der Waals surface area contributed by atoms with Gasteiger partial charge in [0.1, 0.15) is 11.3 Å². The monoisotopic (exact) mass is 466 g/mol. The predicted octanol–water partition coefficient (Wildman–Crippen LogP) is 4.45. The zero-order valence-electron chi connectivity index (χ0n) is 20.2. The summed E-state index contributed by atoms with van der Waals surface area (Å²) in [5, 5.41) is 8.71. The van der Waals surface area contributed by atoms with E-state index >= 15 is 0 Å². The summed E-state index contributed by atoms with van der Waals surface area (Å²) in [6, 6.07) is 10.4. The van der Waals surface area contributed by atoms with E-state index in [-0.39, 0.29) is 0 Å². The van der Waals surface area contributed by atoms with E-state index in [2.05, 4.69) is 69.0 Å². The van der Waals surface area contributed by atoms with Gasteiger partial charge in [0.2, 0.25) is 0 Å². The van der Waals surface area contributed by atoms with Gasteiger partial charge < -0.3 is 8.97 Å². The van der Waals surface area contributed by atoms with Gasteiger partial charge in [0.15, 0.2) is 0 Å². The van der Waals surface area contributed by atoms with Crippen molar-refractivity contribution in [3.05, 3.63) is 85.0 Å². The maximum Gasteiger partial charge on any atom is 0.137 e. The molecule has 178 valence electrons. The summed E-state index contributed by atoms with van der Waals surface area (Å²) in [6.45, 7) is 8.61. The normalized spacial score (nSPS) is 16.2. The van der Waals surface area contributed by atoms with Crippen LogP contribution in [0.15, 0.2) is 73.7 Å². The minimum atomic E-state index is 0.404. The lowest BCUT2D eigenvalue weighted by Gasteiger charge is -2.38. The summed E-state index contributed by atoms with van der Waals surface area (Å²) in [5.41, 5.74) is 6.35. The molecule has 8 nitrogen and oxygen atoms in total. The maximum atomic E-state index is 4.79. The second-order valence-corrected chi connectivity index (χ2v) is 10.3. The highest BCUT2D eigenvalue weighted by Gasteiger charge is 2.26. The number of rotatable bonds is 6. The van der Waals surface area contributed by atoms with Gasteiger partial charge in [0.05, 0.1) is 30.3 Å². The van der Waals surface area contributed by atoms with Gasteiger partial charge in [-0.3, -0.25) is 9.88 Å². The topological polar surface area (TPSA) is 69.1 Å². The van der Waals surface area contributed by atoms with Crippen LogP contribution in [0, 0.1) is 5.41 Å². The first-order chi connectivity index (χ1) is 17.0. The van der Waals surface area contributed by atoms with Crippen molar-refractivity contribution < 1.29 is 0 Å². The molecule has 6 heterocycles. The van der Waals surface area contributed by atoms with Crippen LogP contribution in [0.4, 0.5) is 0 Å². The number of fused-ring (bicyclic) bond motifs is 1. The van der Waals surface area contributed by atoms with Gasteiger partial charge in [-0.2, -0.15) is 0 Å². The fourth-order valence-electron chi connectivity index (χ4n) is 5.09. The van der Waals surface area contributed by atoms with Crippen LogP contribution >= 0.6 is 0 Å². The molecule has 1 aliphatic heterocycles. The quantitative estimate of drug-likeness (QED) is 0.370. The van der Waals surface area contributed by atoms with Gasteiger partial charge in [-0.1, -0.05) is 25.1 Å². The van der Waals surface area contributed by atoms with Gasteiger partial charge in [0, 0.05) is 49.6 Å². The van der Waals surface area contributed by atoms with Crippen molar-refractivity contribution in [2.24, 2.45) is 5.41 Å². The molecule has 1 fully saturated rings. The van der Waals surface area contributed by atoms with Gasteiger partial charge in [-0.15, -0.1) is 5.10 Å². The molecule has 0 amide bonds. The second-order valence-electron chi connectivity index (χ2n) is 10.3. The molecule has 0 bridgehead atoms. The highest BCUT2D eigenvalue weighted by molar-refractivity contribution is 5.59. The largest absolute Gasteiger partial charge is 0.322 e. The average molecular weight is 467 g/mol. The molecule has 1 saturated heterocycles. The standard InChI is InChI=1S/C27H30N8/c1-27(2)8-5-9-32(20-27)15-21-6-7-26-29-23(17-34(26)16-21)18-35-19-25(30-31-35)22-12-24(14-28-13-22)33-10-3-4-11-33/h3-4,6-7,10-14,16-17,19H,5,8-9,15,18,20H2,1-2H3. The number of likely N-dealkylation sites (tertiary alicyclic amines) is 1. The van der Waals surface area contributed by atoms with Crippen LogP contribution < -0.4 is 0 Å². The number of imidazole rings is 1. The third-order valence-corrected chi connectivity index (χ3v) is 6.73. The minimum absolute atomic E-state index is 0.404. The van der Waals surface area contributed by atoms with E-state index in [1.807, 2.05) is 52.4 Å². The third kappa shape index (κ3) is 4.74. The molecule has 0 unspecified atom stereocenters. The molecular formula is C27H30N8. The molecule has 35 heavy (non-hydrogen) atoms. The van der Waals surface area contributed by atoms with Crippen LogP contribution in [0.3, 0.4) is 0 Å². The van der Waals surface area contributed by atoms with Crippen molar-refractivity contribution in [3.63, 3.8) is 0 Å². The maximum absolute atomic E-state index is 4.79. The van der Waals surface area contributed by atoms with E-state index in [1.165, 1.54) is 24.9 Å². The van der Waals surface area contributed by atoms with Crippen LogP contribution in [0.1, 0.15) is 37.9 Å². The Labute approximate surface area is 204 Å². The molecule has 0 aromatic carbocycles. The summed E-state index contributed by atoms with van der Waals surface area (Å²) in [6.07, 6.45) is 16.5. The summed E-state index contributed by atoms with van der Waals surface area (Å²) < 4.78 is 5.98. The van der Waals surface area contributed by atoms with E-state index in [0.717, 1.165) is 41.4 Å². The third-order valence-electron chi connectivity index (χ3n) is 6.73. The van der Waals surface area contributed by atoms with Crippen molar-refractivity contribution >= 4 is 5.65 Å². The highest BCUT2D eigenvalue weighted by atomic mass is 15.4. The number of hydrogen-bond acceptors (Lipinski definition) is 5. The SMILES string of the molecule is CC1(C)CCCN(Cc2ccc3nc(Cn4cc(-c5cncc(-n6cccc6)c5)nn4)cn3c2)C1. The van der Waals surface area contributed by atoms with Gasteiger partial charge >= 0.3 is 0 Å². The molecule has 0 atom stereocenters. The molecule has 0 spiro atoms. The zero-order valence-corrected chi connectivity index (χ0v) is 20.2. The molecule has 0 aliphatic carbocycles. The van der Waals surface area contributed by atoms with Crippen molar-refractivity contribution in [1.29, 1.82) is 0 Å². The molecule has 6 rings (SSSR count). The van der Waals surface area contributed by atoms with Crippen LogP contribution in [-0.4, -0.2) is 51.9 Å². The van der Waals surface area contributed by atoms with Gasteiger partial charge in [0.25, 0.3) is 0 Å². The number of nitrogens with zero attached hydrogens (tertiary/aromatic N) is 8. The summed E-state index contributed by atoms with van der Waals surface area (Å²) in [4.78, 5) is 11.7. The van der Waals surface area contributed by atoms with E-state index < -0.39 is 0 Å². The zero-order chi connectivity index (χ0) is 23.8. The lowest BCUT2D eigenvalue weighted by atomic mass is 9.84. The van der Waals surface area contributed by atoms with Crippen molar-refractivity contribution in [2.45, 2.75) is 39.8 Å². The van der Waals surface area contributed by atoms with Crippen LogP contribution in [0.2, 0.25) is 0 Å². The lowest BCUT2D eigenvalue weighted by molar-refractivity contribution is 0.111. The Morgan fingerprint density at radius 1 is 1.00 bits per heavy atom. The second kappa shape index (κ2) is 8.78. The molecular weight excluding hydrogens is 436 g/mol. The summed E-state index contributed by atoms with van der Waals surface area (Å²) in [7, 11) is 0. The molecule has 0 N–H and O–H groups in total. The van der Waals surface area contributed by atoms with Gasteiger partial charge in [-0.25, -0.2) is 9.67 Å². The Bertz CT molecular complexity index is 1440. The van der Waals surface area contributed by atoms with E-state index in [4.69, 9.17) is 4.98 Å². The fourth-order valence-corrected chi connectivity index (χ4v) is 5.09. The van der Waals surface area contributed by atoms with Crippen molar-refractivity contribution in [2.75, 3.05) is 13.1 Å². The Kier molecular flexibility index (Phi) is 5.45. The smallest absolute Gasteiger partial charge is 0.137 e. The summed E-state index contributed by atoms with van der Waals surface area (Å²) in [5.74, 6) is 0. The number of piperidine rings is 1. The number of pyridine rings is 2. The van der Waals surface area contributed by atoms with Crippen LogP contribution in [0.5, 0.6) is 0 Å². The molecule has 1 aliphatic rings. The first-order valence-electron chi connectivity index (χ1n) is 12.2. The molecule has 5 aromatic heterocycles. The number of hydrogen-bond donors (Lipinski definition) is 0. The Hall–Kier alpha value is -3.78. The molecule has 0 radical (unpaired) electrons. The van der Waals surface area contributed by atoms with Crippen molar-refractivity contribution in [3.8, 4) is 16.9 Å². The lowest BCUT2D eigenvalue weighted by Crippen LogP contribution is -2.39. The van der Waals surface area contributed by atoms with Gasteiger partial charge in [-0.05, 0) is 54.6 Å². The van der Waals surface area contributed by atoms with Crippen molar-refractivity contribution in [1.82, 2.24) is 38.8 Å². The first-order valence-corrected chi connectivity index (χ1v) is 12.2. The van der Waals surface area contributed by atoms with Crippen LogP contribution in [0.25, 0.3) is 22.6 Å². The van der Waals surface area contributed by atoms with Crippen LogP contribution in [-0.2, 0) is 13.1 Å². The van der Waals surface area contributed by atoms with E-state index in [1.54, 1.807) is 0 Å². The first kappa shape index (κ1) is 21.7. The van der Waals surface area contributed by atoms with E-state index in [0.29, 0.717) is 12.0 Å². The number of aromatic nitrogens is 7. The Morgan fingerprint density at radius 2 is 1.89 bits per heavy atom. The van der Waals surface area contributed by atoms with E-state index in [9.17, 15) is 0 Å². The molecule has 8 heteroatoms. The highest BCUT2D eigenvalue weighted by Crippen LogP contribution is 2.29. The Balaban J connectivity index is 1.17. The molecule has 0 saturated carbocycles. The average Bonchev–Trinajstić information content (AvgIpc) is 3.60. The Morgan fingerprint density at radius 3 is 2.74 bits per heavy atom. The predicted molar refractivity (Wildman–Crippen MR) is 135 cm³/mol.